The van der Waals surface area contributed by atoms with Crippen molar-refractivity contribution >= 4 is 33.3 Å². The van der Waals surface area contributed by atoms with E-state index in [1.54, 1.807) is 45.0 Å². The third-order valence-corrected chi connectivity index (χ3v) is 5.20. The normalized spacial score (nSPS) is 11.3. The molecule has 23 heavy (non-hydrogen) atoms. The minimum atomic E-state index is -3.90. The molecule has 0 spiro atoms. The van der Waals surface area contributed by atoms with E-state index in [2.05, 4.69) is 9.71 Å². The first-order valence-corrected chi connectivity index (χ1v) is 8.77. The molecule has 124 valence electrons. The van der Waals surface area contributed by atoms with Gasteiger partial charge in [-0.15, -0.1) is 0 Å². The number of halogens is 1. The second kappa shape index (κ2) is 6.64. The van der Waals surface area contributed by atoms with Crippen molar-refractivity contribution in [3.05, 3.63) is 46.2 Å². The van der Waals surface area contributed by atoms with E-state index in [9.17, 15) is 13.2 Å². The molecule has 0 atom stereocenters. The molecule has 0 saturated carbocycles. The number of hydrogen-bond donors (Lipinski definition) is 2. The summed E-state index contributed by atoms with van der Waals surface area (Å²) in [4.78, 5) is 14.7. The number of carbonyl (C=O) groups excluding carboxylic acids is 1. The Hall–Kier alpha value is -1.99. The number of esters is 1. The molecule has 2 rings (SSSR count). The molecule has 0 fully saturated rings. The van der Waals surface area contributed by atoms with Gasteiger partial charge in [0.05, 0.1) is 17.3 Å². The van der Waals surface area contributed by atoms with Gasteiger partial charge >= 0.3 is 5.97 Å². The highest BCUT2D eigenvalue weighted by Crippen LogP contribution is 2.28. The van der Waals surface area contributed by atoms with Crippen LogP contribution in [-0.4, -0.2) is 26.0 Å². The highest BCUT2D eigenvalue weighted by molar-refractivity contribution is 7.92. The van der Waals surface area contributed by atoms with Gasteiger partial charge in [0.15, 0.2) is 0 Å². The summed E-state index contributed by atoms with van der Waals surface area (Å²) < 4.78 is 32.7. The lowest BCUT2D eigenvalue weighted by Gasteiger charge is -2.10. The van der Waals surface area contributed by atoms with Crippen LogP contribution in [0.15, 0.2) is 29.2 Å². The van der Waals surface area contributed by atoms with Crippen molar-refractivity contribution in [2.75, 3.05) is 11.3 Å². The van der Waals surface area contributed by atoms with Crippen molar-refractivity contribution in [2.45, 2.75) is 25.7 Å². The van der Waals surface area contributed by atoms with Gasteiger partial charge in [0.2, 0.25) is 0 Å². The minimum Gasteiger partial charge on any atom is -0.461 e. The van der Waals surface area contributed by atoms with Gasteiger partial charge in [0, 0.05) is 11.3 Å². The molecule has 0 aliphatic rings. The number of aromatic nitrogens is 1. The molecule has 0 bridgehead atoms. The Morgan fingerprint density at radius 1 is 1.30 bits per heavy atom. The summed E-state index contributed by atoms with van der Waals surface area (Å²) in [6.07, 6.45) is 0. The number of ether oxygens (including phenoxy) is 1. The molecule has 8 heteroatoms. The molecular formula is C15H17ClN2O4S. The van der Waals surface area contributed by atoms with E-state index in [1.807, 2.05) is 0 Å². The SMILES string of the molecule is CCOC(=O)c1[nH]c(C)c(S(=O)(=O)Nc2ccccc2Cl)c1C. The summed E-state index contributed by atoms with van der Waals surface area (Å²) in [6.45, 7) is 5.02. The van der Waals surface area contributed by atoms with Crippen LogP contribution in [-0.2, 0) is 14.8 Å². The van der Waals surface area contributed by atoms with Crippen molar-refractivity contribution in [2.24, 2.45) is 0 Å². The Morgan fingerprint density at radius 3 is 2.57 bits per heavy atom. The highest BCUT2D eigenvalue weighted by Gasteiger charge is 2.27. The lowest BCUT2D eigenvalue weighted by atomic mass is 10.2. The molecule has 0 amide bonds. The number of H-pyrrole nitrogens is 1. The van der Waals surface area contributed by atoms with Crippen molar-refractivity contribution in [1.29, 1.82) is 0 Å². The molecule has 1 heterocycles. The van der Waals surface area contributed by atoms with Gasteiger partial charge in [-0.3, -0.25) is 4.72 Å². The van der Waals surface area contributed by atoms with Gasteiger partial charge in [-0.05, 0) is 32.9 Å². The lowest BCUT2D eigenvalue weighted by molar-refractivity contribution is 0.0519. The fourth-order valence-electron chi connectivity index (χ4n) is 2.28. The molecule has 0 radical (unpaired) electrons. The number of sulfonamides is 1. The number of anilines is 1. The van der Waals surface area contributed by atoms with Crippen molar-refractivity contribution < 1.29 is 17.9 Å². The van der Waals surface area contributed by atoms with Gasteiger partial charge in [-0.25, -0.2) is 13.2 Å². The maximum absolute atomic E-state index is 12.6. The van der Waals surface area contributed by atoms with Gasteiger partial charge in [-0.2, -0.15) is 0 Å². The number of benzene rings is 1. The Morgan fingerprint density at radius 2 is 1.96 bits per heavy atom. The van der Waals surface area contributed by atoms with Crippen molar-refractivity contribution in [3.63, 3.8) is 0 Å². The number of aromatic amines is 1. The number of rotatable bonds is 5. The highest BCUT2D eigenvalue weighted by atomic mass is 35.5. The third kappa shape index (κ3) is 3.51. The first-order valence-electron chi connectivity index (χ1n) is 6.91. The van der Waals surface area contributed by atoms with Gasteiger partial charge in [0.25, 0.3) is 10.0 Å². The van der Waals surface area contributed by atoms with E-state index in [0.717, 1.165) is 0 Å². The fraction of sp³-hybridized carbons (Fsp3) is 0.267. The van der Waals surface area contributed by atoms with Crippen LogP contribution in [0.2, 0.25) is 5.02 Å². The maximum Gasteiger partial charge on any atom is 0.355 e. The van der Waals surface area contributed by atoms with Gasteiger partial charge in [-0.1, -0.05) is 23.7 Å². The van der Waals surface area contributed by atoms with Gasteiger partial charge < -0.3 is 9.72 Å². The zero-order valence-electron chi connectivity index (χ0n) is 12.9. The minimum absolute atomic E-state index is 0.0143. The summed E-state index contributed by atoms with van der Waals surface area (Å²) in [6, 6.07) is 6.51. The van der Waals surface area contributed by atoms with Crippen LogP contribution < -0.4 is 4.72 Å². The van der Waals surface area contributed by atoms with Crippen LogP contribution in [0.5, 0.6) is 0 Å². The Kier molecular flexibility index (Phi) is 5.01. The van der Waals surface area contributed by atoms with E-state index in [0.29, 0.717) is 11.3 Å². The second-order valence-electron chi connectivity index (χ2n) is 4.88. The van der Waals surface area contributed by atoms with Gasteiger partial charge in [0.1, 0.15) is 10.6 Å². The topological polar surface area (TPSA) is 88.3 Å². The second-order valence-corrected chi connectivity index (χ2v) is 6.91. The number of aryl methyl sites for hydroxylation is 1. The van der Waals surface area contributed by atoms with E-state index in [1.165, 1.54) is 0 Å². The zero-order valence-corrected chi connectivity index (χ0v) is 14.5. The lowest BCUT2D eigenvalue weighted by Crippen LogP contribution is -2.15. The van der Waals surface area contributed by atoms with E-state index >= 15 is 0 Å². The molecule has 6 nitrogen and oxygen atoms in total. The molecule has 0 unspecified atom stereocenters. The Balaban J connectivity index is 2.45. The predicted molar refractivity (Wildman–Crippen MR) is 88.5 cm³/mol. The average Bonchev–Trinajstić information content (AvgIpc) is 2.77. The molecule has 2 aromatic rings. The standard InChI is InChI=1S/C15H17ClN2O4S/c1-4-22-15(19)13-9(2)14(10(3)17-13)23(20,21)18-12-8-6-5-7-11(12)16/h5-8,17-18H,4H2,1-3H3. The molecule has 1 aromatic carbocycles. The largest absolute Gasteiger partial charge is 0.461 e. The van der Waals surface area contributed by atoms with Crippen LogP contribution in [0.4, 0.5) is 5.69 Å². The molecule has 2 N–H and O–H groups in total. The predicted octanol–water partition coefficient (Wildman–Crippen LogP) is 3.26. The molecule has 0 aliphatic heterocycles. The van der Waals surface area contributed by atoms with Crippen LogP contribution in [0.1, 0.15) is 28.7 Å². The molecule has 0 saturated heterocycles. The summed E-state index contributed by atoms with van der Waals surface area (Å²) in [5, 5.41) is 0.285. The zero-order chi connectivity index (χ0) is 17.2. The summed E-state index contributed by atoms with van der Waals surface area (Å²) in [7, 11) is -3.90. The van der Waals surface area contributed by atoms with Crippen molar-refractivity contribution in [1.82, 2.24) is 4.98 Å². The number of carbonyl (C=O) groups is 1. The van der Waals surface area contributed by atoms with Crippen LogP contribution >= 0.6 is 11.6 Å². The average molecular weight is 357 g/mol. The Bertz CT molecular complexity index is 843. The smallest absolute Gasteiger partial charge is 0.355 e. The van der Waals surface area contributed by atoms with Crippen molar-refractivity contribution in [3.8, 4) is 0 Å². The van der Waals surface area contributed by atoms with E-state index < -0.39 is 16.0 Å². The number of hydrogen-bond acceptors (Lipinski definition) is 4. The van der Waals surface area contributed by atoms with Crippen LogP contribution in [0, 0.1) is 13.8 Å². The molecule has 0 aliphatic carbocycles. The van der Waals surface area contributed by atoms with Crippen LogP contribution in [0.3, 0.4) is 0 Å². The summed E-state index contributed by atoms with van der Waals surface area (Å²) in [5.74, 6) is -0.590. The first kappa shape index (κ1) is 17.4. The summed E-state index contributed by atoms with van der Waals surface area (Å²) >= 11 is 5.99. The Labute approximate surface area is 139 Å². The first-order chi connectivity index (χ1) is 10.8. The third-order valence-electron chi connectivity index (χ3n) is 3.24. The fourth-order valence-corrected chi connectivity index (χ4v) is 4.05. The molecule has 1 aromatic heterocycles. The number of nitrogens with one attached hydrogen (secondary N) is 2. The number of para-hydroxylation sites is 1. The maximum atomic E-state index is 12.6. The quantitative estimate of drug-likeness (QED) is 0.805. The van der Waals surface area contributed by atoms with Crippen LogP contribution in [0.25, 0.3) is 0 Å². The molecular weight excluding hydrogens is 340 g/mol. The summed E-state index contributed by atoms with van der Waals surface area (Å²) in [5.41, 5.74) is 1.06. The van der Waals surface area contributed by atoms with E-state index in [4.69, 9.17) is 16.3 Å². The van der Waals surface area contributed by atoms with E-state index in [-0.39, 0.29) is 27.9 Å². The monoisotopic (exact) mass is 356 g/mol.